The van der Waals surface area contributed by atoms with Crippen molar-refractivity contribution in [3.63, 3.8) is 0 Å². The highest BCUT2D eigenvalue weighted by atomic mass is 35.5. The average molecular weight is 456 g/mol. The first-order valence-electron chi connectivity index (χ1n) is 9.96. The lowest BCUT2D eigenvalue weighted by molar-refractivity contribution is -0.137. The fourth-order valence-corrected chi connectivity index (χ4v) is 4.53. The number of alkyl halides is 1. The summed E-state index contributed by atoms with van der Waals surface area (Å²) in [7, 11) is -3.75. The van der Waals surface area contributed by atoms with Crippen molar-refractivity contribution in [2.24, 2.45) is 0 Å². The van der Waals surface area contributed by atoms with Crippen LogP contribution in [0, 0.1) is 0 Å². The molecule has 0 heterocycles. The van der Waals surface area contributed by atoms with Gasteiger partial charge in [-0.15, -0.1) is 0 Å². The Balaban J connectivity index is 2.13. The fraction of sp³-hybridized carbons (Fsp3) is 0.409. The first-order chi connectivity index (χ1) is 14.3. The quantitative estimate of drug-likeness (QED) is 0.401. The molecule has 1 unspecified atom stereocenters. The van der Waals surface area contributed by atoms with E-state index in [2.05, 4.69) is 4.72 Å². The van der Waals surface area contributed by atoms with Crippen LogP contribution in [0.2, 0.25) is 5.02 Å². The van der Waals surface area contributed by atoms with Crippen molar-refractivity contribution in [1.82, 2.24) is 4.72 Å². The topological polar surface area (TPSA) is 83.5 Å². The van der Waals surface area contributed by atoms with Crippen LogP contribution in [0.5, 0.6) is 0 Å². The molecule has 1 atom stereocenters. The maximum absolute atomic E-state index is 12.8. The zero-order valence-electron chi connectivity index (χ0n) is 16.7. The molecule has 0 saturated heterocycles. The average Bonchev–Trinajstić information content (AvgIpc) is 2.71. The summed E-state index contributed by atoms with van der Waals surface area (Å²) < 4.78 is 40.8. The molecule has 0 bridgehead atoms. The van der Waals surface area contributed by atoms with Crippen LogP contribution in [0.3, 0.4) is 0 Å². The van der Waals surface area contributed by atoms with E-state index in [0.29, 0.717) is 43.5 Å². The Hall–Kier alpha value is -1.96. The summed E-state index contributed by atoms with van der Waals surface area (Å²) >= 11 is 5.85. The summed E-state index contributed by atoms with van der Waals surface area (Å²) in [5.74, 6) is -0.823. The molecule has 0 aromatic heterocycles. The molecule has 0 fully saturated rings. The van der Waals surface area contributed by atoms with Gasteiger partial charge in [-0.25, -0.2) is 13.1 Å². The normalized spacial score (nSPS) is 12.6. The second-order valence-electron chi connectivity index (χ2n) is 7.15. The lowest BCUT2D eigenvalue weighted by Gasteiger charge is -2.20. The van der Waals surface area contributed by atoms with Gasteiger partial charge in [0.1, 0.15) is 0 Å². The van der Waals surface area contributed by atoms with Gasteiger partial charge in [0.05, 0.1) is 11.6 Å². The number of aliphatic carboxylic acids is 1. The summed E-state index contributed by atoms with van der Waals surface area (Å²) in [4.78, 5) is 10.8. The van der Waals surface area contributed by atoms with Gasteiger partial charge in [0.15, 0.2) is 0 Å². The maximum atomic E-state index is 12.8. The fourth-order valence-electron chi connectivity index (χ4n) is 3.14. The van der Waals surface area contributed by atoms with Crippen molar-refractivity contribution in [2.75, 3.05) is 6.67 Å². The molecular weight excluding hydrogens is 429 g/mol. The minimum Gasteiger partial charge on any atom is -0.481 e. The van der Waals surface area contributed by atoms with Gasteiger partial charge < -0.3 is 5.11 Å². The number of unbranched alkanes of at least 4 members (excludes halogenated alkanes) is 2. The van der Waals surface area contributed by atoms with Gasteiger partial charge in [-0.2, -0.15) is 0 Å². The first-order valence-corrected chi connectivity index (χ1v) is 11.8. The van der Waals surface area contributed by atoms with Crippen molar-refractivity contribution in [1.29, 1.82) is 0 Å². The molecule has 0 spiro atoms. The van der Waals surface area contributed by atoms with Crippen molar-refractivity contribution in [3.05, 3.63) is 64.7 Å². The number of hydrogen-bond donors (Lipinski definition) is 2. The predicted octanol–water partition coefficient (Wildman–Crippen LogP) is 5.30. The van der Waals surface area contributed by atoms with Crippen molar-refractivity contribution in [2.45, 2.75) is 55.9 Å². The zero-order chi connectivity index (χ0) is 22.0. The molecule has 0 aliphatic carbocycles. The predicted molar refractivity (Wildman–Crippen MR) is 116 cm³/mol. The van der Waals surface area contributed by atoms with Crippen LogP contribution in [-0.4, -0.2) is 26.2 Å². The van der Waals surface area contributed by atoms with E-state index in [0.717, 1.165) is 11.1 Å². The molecule has 0 amide bonds. The number of nitrogens with one attached hydrogen (secondary N) is 1. The third-order valence-corrected chi connectivity index (χ3v) is 6.53. The Morgan fingerprint density at radius 2 is 1.67 bits per heavy atom. The van der Waals surface area contributed by atoms with Gasteiger partial charge >= 0.3 is 5.97 Å². The van der Waals surface area contributed by atoms with E-state index in [1.54, 1.807) is 0 Å². The van der Waals surface area contributed by atoms with Crippen molar-refractivity contribution >= 4 is 27.6 Å². The number of sulfonamides is 1. The molecular formula is C22H27ClFNO4S. The molecule has 0 aliphatic rings. The van der Waals surface area contributed by atoms with E-state index in [1.165, 1.54) is 24.3 Å². The Labute approximate surface area is 182 Å². The Bertz CT molecular complexity index is 902. The van der Waals surface area contributed by atoms with Crippen LogP contribution in [-0.2, 0) is 21.2 Å². The number of aryl methyl sites for hydroxylation is 1. The highest BCUT2D eigenvalue weighted by Crippen LogP contribution is 2.24. The standard InChI is InChI=1S/C22H27ClFNO4S/c23-19-12-14-20(15-13-19)30(28,29)25-21(6-2-1-3-16-24)18-10-8-17(9-11-18)5-4-7-22(26)27/h8-15,21,25H,1-7,16H2,(H,26,27). The zero-order valence-corrected chi connectivity index (χ0v) is 18.3. The SMILES string of the molecule is O=C(O)CCCc1ccc(C(CCCCCF)NS(=O)(=O)c2ccc(Cl)cc2)cc1. The molecule has 2 N–H and O–H groups in total. The van der Waals surface area contributed by atoms with Crippen molar-refractivity contribution in [3.8, 4) is 0 Å². The van der Waals surface area contributed by atoms with Crippen LogP contribution < -0.4 is 4.72 Å². The van der Waals surface area contributed by atoms with E-state index in [4.69, 9.17) is 16.7 Å². The van der Waals surface area contributed by atoms with Crippen LogP contribution in [0.1, 0.15) is 55.7 Å². The Kier molecular flexibility index (Phi) is 9.75. The smallest absolute Gasteiger partial charge is 0.303 e. The lowest BCUT2D eigenvalue weighted by Crippen LogP contribution is -2.28. The van der Waals surface area contributed by atoms with E-state index in [-0.39, 0.29) is 18.0 Å². The van der Waals surface area contributed by atoms with E-state index < -0.39 is 22.0 Å². The molecule has 2 aromatic rings. The Morgan fingerprint density at radius 1 is 1.00 bits per heavy atom. The number of halogens is 2. The summed E-state index contributed by atoms with van der Waals surface area (Å²) in [6.45, 7) is -0.383. The van der Waals surface area contributed by atoms with Gasteiger partial charge in [-0.1, -0.05) is 48.7 Å². The molecule has 30 heavy (non-hydrogen) atoms. The molecule has 0 aliphatic heterocycles. The largest absolute Gasteiger partial charge is 0.481 e. The van der Waals surface area contributed by atoms with Gasteiger partial charge in [0.25, 0.3) is 0 Å². The molecule has 8 heteroatoms. The third kappa shape index (κ3) is 8.05. The molecule has 2 aromatic carbocycles. The van der Waals surface area contributed by atoms with Gasteiger partial charge in [0, 0.05) is 17.5 Å². The number of carboxylic acids is 1. The highest BCUT2D eigenvalue weighted by Gasteiger charge is 2.21. The van der Waals surface area contributed by atoms with Gasteiger partial charge in [-0.05, 0) is 61.1 Å². The summed E-state index contributed by atoms with van der Waals surface area (Å²) in [5.41, 5.74) is 1.81. The highest BCUT2D eigenvalue weighted by molar-refractivity contribution is 7.89. The monoisotopic (exact) mass is 455 g/mol. The molecule has 5 nitrogen and oxygen atoms in total. The Morgan fingerprint density at radius 3 is 2.27 bits per heavy atom. The van der Waals surface area contributed by atoms with Crippen LogP contribution in [0.25, 0.3) is 0 Å². The van der Waals surface area contributed by atoms with Crippen LogP contribution in [0.4, 0.5) is 4.39 Å². The number of rotatable bonds is 13. The summed E-state index contributed by atoms with van der Waals surface area (Å²) in [6.07, 6.45) is 3.68. The van der Waals surface area contributed by atoms with E-state index >= 15 is 0 Å². The minimum absolute atomic E-state index is 0.111. The maximum Gasteiger partial charge on any atom is 0.303 e. The van der Waals surface area contributed by atoms with Crippen molar-refractivity contribution < 1.29 is 22.7 Å². The van der Waals surface area contributed by atoms with Gasteiger partial charge in [0.2, 0.25) is 10.0 Å². The summed E-state index contributed by atoms with van der Waals surface area (Å²) in [6, 6.07) is 13.0. The third-order valence-electron chi connectivity index (χ3n) is 4.79. The summed E-state index contributed by atoms with van der Waals surface area (Å²) in [5, 5.41) is 9.20. The first kappa shape index (κ1) is 24.3. The van der Waals surface area contributed by atoms with Crippen LogP contribution >= 0.6 is 11.6 Å². The number of carbonyl (C=O) groups is 1. The lowest BCUT2D eigenvalue weighted by atomic mass is 9.99. The second-order valence-corrected chi connectivity index (χ2v) is 9.31. The van der Waals surface area contributed by atoms with Gasteiger partial charge in [-0.3, -0.25) is 9.18 Å². The number of hydrogen-bond acceptors (Lipinski definition) is 3. The molecule has 0 radical (unpaired) electrons. The molecule has 2 rings (SSSR count). The molecule has 164 valence electrons. The van der Waals surface area contributed by atoms with E-state index in [1.807, 2.05) is 24.3 Å². The number of carboxylic acid groups (broad SMARTS) is 1. The minimum atomic E-state index is -3.75. The number of benzene rings is 2. The van der Waals surface area contributed by atoms with Crippen LogP contribution in [0.15, 0.2) is 53.4 Å². The van der Waals surface area contributed by atoms with E-state index in [9.17, 15) is 17.6 Å². The second kappa shape index (κ2) is 12.0. The molecule has 0 saturated carbocycles.